The van der Waals surface area contributed by atoms with Crippen LogP contribution in [0.4, 0.5) is 17.6 Å². The van der Waals surface area contributed by atoms with E-state index in [1.54, 1.807) is 30.6 Å². The van der Waals surface area contributed by atoms with Crippen LogP contribution in [-0.4, -0.2) is 131 Å². The van der Waals surface area contributed by atoms with Gasteiger partial charge in [-0.2, -0.15) is 14.9 Å². The van der Waals surface area contributed by atoms with E-state index in [0.717, 1.165) is 86.6 Å². The number of carbonyl (C=O) groups is 1. The number of fused-ring (bicyclic) bond motifs is 1. The molecule has 0 spiro atoms. The number of aliphatic hydroxyl groups is 1. The normalized spacial score (nSPS) is 19.8. The molecule has 19 heteroatoms. The molecule has 1 amide bonds. The second-order valence-electron chi connectivity index (χ2n) is 19.7. The van der Waals surface area contributed by atoms with Crippen molar-refractivity contribution in [3.63, 3.8) is 0 Å². The Morgan fingerprint density at radius 3 is 2.34 bits per heavy atom. The minimum Gasteiger partial charge on any atom is -0.489 e. The van der Waals surface area contributed by atoms with Gasteiger partial charge in [0.25, 0.3) is 5.91 Å². The van der Waals surface area contributed by atoms with Gasteiger partial charge in [0, 0.05) is 98.1 Å². The topological polar surface area (TPSA) is 207 Å². The zero-order valence-electron chi connectivity index (χ0n) is 41.6. The Hall–Kier alpha value is -5.84. The number of benzene rings is 1. The van der Waals surface area contributed by atoms with Crippen LogP contribution in [0.2, 0.25) is 5.02 Å². The van der Waals surface area contributed by atoms with E-state index < -0.39 is 0 Å². The molecule has 380 valence electrons. The summed E-state index contributed by atoms with van der Waals surface area (Å²) in [6.07, 6.45) is 13.4. The van der Waals surface area contributed by atoms with Gasteiger partial charge in [0.2, 0.25) is 11.8 Å². The fraction of sp³-hybridized carbons (Fsp3) is 0.558. The third-order valence-corrected chi connectivity index (χ3v) is 14.4. The highest BCUT2D eigenvalue weighted by molar-refractivity contribution is 6.31. The van der Waals surface area contributed by atoms with Crippen LogP contribution in [0.15, 0.2) is 61.2 Å². The van der Waals surface area contributed by atoms with E-state index in [1.165, 1.54) is 6.42 Å². The van der Waals surface area contributed by atoms with Crippen LogP contribution in [0, 0.1) is 22.2 Å². The second-order valence-corrected chi connectivity index (χ2v) is 20.1. The van der Waals surface area contributed by atoms with Gasteiger partial charge in [-0.15, -0.1) is 0 Å². The molecule has 5 aromatic rings. The summed E-state index contributed by atoms with van der Waals surface area (Å²) in [7, 11) is 0. The Morgan fingerprint density at radius 1 is 0.901 bits per heavy atom. The lowest BCUT2D eigenvalue weighted by atomic mass is 9.49. The smallest absolute Gasteiger partial charge is 0.254 e. The molecule has 3 aliphatic rings. The fourth-order valence-electron chi connectivity index (χ4n) is 10.5. The monoisotopic (exact) mass is 993 g/mol. The van der Waals surface area contributed by atoms with E-state index in [9.17, 15) is 15.2 Å². The van der Waals surface area contributed by atoms with Gasteiger partial charge in [-0.1, -0.05) is 52.3 Å². The van der Waals surface area contributed by atoms with Crippen molar-refractivity contribution in [3.8, 4) is 17.7 Å². The molecule has 1 aromatic carbocycles. The Bertz CT molecular complexity index is 2560. The number of halogens is 1. The minimum absolute atomic E-state index is 0.121. The second kappa shape index (κ2) is 23.6. The number of aromatic nitrogens is 6. The molecule has 71 heavy (non-hydrogen) atoms. The number of pyridine rings is 1. The first kappa shape index (κ1) is 51.5. The highest BCUT2D eigenvalue weighted by Gasteiger charge is 2.64. The third-order valence-electron chi connectivity index (χ3n) is 14.1. The van der Waals surface area contributed by atoms with Gasteiger partial charge in [0.05, 0.1) is 61.5 Å². The Morgan fingerprint density at radius 2 is 1.65 bits per heavy atom. The van der Waals surface area contributed by atoms with Gasteiger partial charge < -0.3 is 49.2 Å². The number of ether oxygens (including phenoxy) is 5. The largest absolute Gasteiger partial charge is 0.489 e. The summed E-state index contributed by atoms with van der Waals surface area (Å²) in [6, 6.07) is 13.2. The van der Waals surface area contributed by atoms with Crippen molar-refractivity contribution in [2.45, 2.75) is 110 Å². The van der Waals surface area contributed by atoms with Crippen molar-refractivity contribution in [2.24, 2.45) is 10.8 Å². The van der Waals surface area contributed by atoms with Crippen LogP contribution in [-0.2, 0) is 27.2 Å². The van der Waals surface area contributed by atoms with E-state index >= 15 is 0 Å². The molecule has 2 aliphatic heterocycles. The zero-order chi connectivity index (χ0) is 50.0. The molecule has 2 saturated heterocycles. The van der Waals surface area contributed by atoms with Gasteiger partial charge in [0.15, 0.2) is 5.65 Å². The number of aryl methyl sites for hydroxylation is 1. The molecule has 8 rings (SSSR count). The molecule has 6 heterocycles. The quantitative estimate of drug-likeness (QED) is 0.0560. The maximum absolute atomic E-state index is 13.4. The number of aliphatic hydroxyl groups excluding tert-OH is 1. The summed E-state index contributed by atoms with van der Waals surface area (Å²) >= 11 is 6.25. The van der Waals surface area contributed by atoms with Crippen LogP contribution in [0.5, 0.6) is 11.6 Å². The van der Waals surface area contributed by atoms with E-state index in [1.807, 2.05) is 29.0 Å². The lowest BCUT2D eigenvalue weighted by molar-refractivity contribution is -0.164. The molecule has 3 N–H and O–H groups in total. The number of nitriles is 1. The van der Waals surface area contributed by atoms with E-state index in [2.05, 4.69) is 87.2 Å². The van der Waals surface area contributed by atoms with Crippen LogP contribution < -0.4 is 29.9 Å². The number of nitrogens with one attached hydrogen (secondary N) is 2. The number of nitrogens with zero attached hydrogens (tertiary/aromatic N) is 9. The third kappa shape index (κ3) is 12.3. The number of carbonyl (C=O) groups excluding carboxylic acids is 1. The summed E-state index contributed by atoms with van der Waals surface area (Å²) < 4.78 is 31.6. The lowest BCUT2D eigenvalue weighted by Crippen LogP contribution is -2.74. The number of amides is 1. The van der Waals surface area contributed by atoms with Crippen molar-refractivity contribution in [1.29, 1.82) is 5.26 Å². The van der Waals surface area contributed by atoms with Gasteiger partial charge >= 0.3 is 0 Å². The Balaban J connectivity index is 0.673. The summed E-state index contributed by atoms with van der Waals surface area (Å²) in [6.45, 7) is 16.2. The van der Waals surface area contributed by atoms with Crippen LogP contribution in [0.25, 0.3) is 5.65 Å². The van der Waals surface area contributed by atoms with Crippen LogP contribution in [0.3, 0.4) is 0 Å². The molecule has 1 saturated carbocycles. The molecular formula is C52H68ClN11O7. The molecule has 4 aromatic heterocycles. The van der Waals surface area contributed by atoms with Crippen molar-refractivity contribution in [2.75, 3.05) is 81.0 Å². The van der Waals surface area contributed by atoms with Gasteiger partial charge in [-0.3, -0.25) is 4.79 Å². The molecule has 0 unspecified atom stereocenters. The summed E-state index contributed by atoms with van der Waals surface area (Å²) in [5.41, 5.74) is 2.96. The average molecular weight is 995 g/mol. The number of piperidine rings is 2. The first-order chi connectivity index (χ1) is 34.4. The SMILES string of the molecule is CCc1cnn2c(NCc3ccc(OCCOCCOCCOC4CCN(c5ncc(C(=O)NC6C(C)(C)C(Oc7ccc(C#N)c(Cl)c7)C6(C)C)cn5)CC4)nc3)cc(N3CCCC[C@H]3CCO)nc12. The van der Waals surface area contributed by atoms with E-state index in [-0.39, 0.29) is 47.6 Å². The molecule has 18 nitrogen and oxygen atoms in total. The standard InChI is InChI=1S/C52H68ClN11O7/c1-6-36-34-59-64-43(28-44(60-46(36)64)63-17-8-7-9-39(63)16-20-65)55-30-35-10-13-45(56-31-35)70-26-24-68-22-21-67-23-25-69-40-14-18-62(19-15-40)50-57-32-38(33-58-50)47(66)61-48-51(2,3)49(52(48,4)5)71-41-12-11-37(29-54)42(53)27-41/h10-13,27-28,31-34,39-40,48-49,55,65H,6-9,14-26,30H2,1-5H3,(H,61,66)/t39-,48?,49?/m0/s1. The first-order valence-corrected chi connectivity index (χ1v) is 25.3. The van der Waals surface area contributed by atoms with Crippen LogP contribution >= 0.6 is 11.6 Å². The number of rotatable bonds is 23. The van der Waals surface area contributed by atoms with Crippen LogP contribution in [0.1, 0.15) is 100 Å². The van der Waals surface area contributed by atoms with Crippen molar-refractivity contribution in [3.05, 3.63) is 88.5 Å². The lowest BCUT2D eigenvalue weighted by Gasteiger charge is -2.63. The maximum Gasteiger partial charge on any atom is 0.254 e. The average Bonchev–Trinajstić information content (AvgIpc) is 3.81. The van der Waals surface area contributed by atoms with Crippen molar-refractivity contribution >= 4 is 40.7 Å². The summed E-state index contributed by atoms with van der Waals surface area (Å²) in [5.74, 6) is 3.24. The highest BCUT2D eigenvalue weighted by Crippen LogP contribution is 2.55. The van der Waals surface area contributed by atoms with Gasteiger partial charge in [0.1, 0.15) is 36.2 Å². The maximum atomic E-state index is 13.4. The van der Waals surface area contributed by atoms with E-state index in [0.29, 0.717) is 79.9 Å². The number of hydrogen-bond donors (Lipinski definition) is 3. The zero-order valence-corrected chi connectivity index (χ0v) is 42.4. The fourth-order valence-corrected chi connectivity index (χ4v) is 10.7. The highest BCUT2D eigenvalue weighted by atomic mass is 35.5. The Labute approximate surface area is 421 Å². The molecule has 1 aliphatic carbocycles. The molecule has 1 atom stereocenters. The predicted molar refractivity (Wildman–Crippen MR) is 270 cm³/mol. The minimum atomic E-state index is -0.387. The van der Waals surface area contributed by atoms with Gasteiger partial charge in [-0.25, -0.2) is 19.9 Å². The summed E-state index contributed by atoms with van der Waals surface area (Å²) in [4.78, 5) is 36.5. The van der Waals surface area contributed by atoms with Gasteiger partial charge in [-0.05, 0) is 62.6 Å². The summed E-state index contributed by atoms with van der Waals surface area (Å²) in [5, 5.41) is 30.7. The number of anilines is 3. The molecular weight excluding hydrogens is 926 g/mol. The predicted octanol–water partition coefficient (Wildman–Crippen LogP) is 7.06. The van der Waals surface area contributed by atoms with Crippen molar-refractivity contribution < 1.29 is 33.6 Å². The first-order valence-electron chi connectivity index (χ1n) is 25.0. The molecule has 0 radical (unpaired) electrons. The van der Waals surface area contributed by atoms with E-state index in [4.69, 9.17) is 40.3 Å². The number of hydrogen-bond acceptors (Lipinski definition) is 16. The molecule has 3 fully saturated rings. The molecule has 0 bridgehead atoms. The Kier molecular flexibility index (Phi) is 17.1. The van der Waals surface area contributed by atoms with Crippen molar-refractivity contribution in [1.82, 2.24) is 34.9 Å².